The third-order valence-electron chi connectivity index (χ3n) is 3.01. The first-order valence-corrected chi connectivity index (χ1v) is 7.43. The number of nitrogens with two attached hydrogens (primary N) is 3. The van der Waals surface area contributed by atoms with E-state index >= 15 is 0 Å². The smallest absolute Gasteiger partial charge is 0.185 e. The fourth-order valence-electron chi connectivity index (χ4n) is 1.92. The summed E-state index contributed by atoms with van der Waals surface area (Å²) in [6.07, 6.45) is 1.94. The summed E-state index contributed by atoms with van der Waals surface area (Å²) in [7, 11) is 1.65. The van der Waals surface area contributed by atoms with Crippen molar-refractivity contribution in [3.63, 3.8) is 0 Å². The summed E-state index contributed by atoms with van der Waals surface area (Å²) in [5, 5.41) is 3.38. The lowest BCUT2D eigenvalue weighted by molar-refractivity contribution is 0.322. The van der Waals surface area contributed by atoms with Gasteiger partial charge in [-0.3, -0.25) is 4.99 Å². The van der Waals surface area contributed by atoms with Crippen LogP contribution in [0.2, 0.25) is 0 Å². The standard InChI is InChI=1S/C15H27N5O2/c1-21-13-4-5-14(22-9-6-16)12(10-13)11-19-7-2-3-8-20-15(17)18/h4-5,10,19H,2-3,6-9,11,16H2,1H3,(H4,17,18,20). The molecule has 7 nitrogen and oxygen atoms in total. The van der Waals surface area contributed by atoms with Gasteiger partial charge in [0.05, 0.1) is 7.11 Å². The number of hydrogen-bond donors (Lipinski definition) is 4. The number of guanidine groups is 1. The molecule has 7 heteroatoms. The molecule has 0 aliphatic carbocycles. The lowest BCUT2D eigenvalue weighted by atomic mass is 10.2. The summed E-state index contributed by atoms with van der Waals surface area (Å²) < 4.78 is 10.9. The molecule has 7 N–H and O–H groups in total. The van der Waals surface area contributed by atoms with E-state index in [4.69, 9.17) is 26.7 Å². The van der Waals surface area contributed by atoms with Gasteiger partial charge in [-0.05, 0) is 37.6 Å². The van der Waals surface area contributed by atoms with Gasteiger partial charge in [0.15, 0.2) is 5.96 Å². The number of methoxy groups -OCH3 is 1. The van der Waals surface area contributed by atoms with Gasteiger partial charge in [-0.15, -0.1) is 0 Å². The monoisotopic (exact) mass is 309 g/mol. The molecule has 0 heterocycles. The molecular formula is C15H27N5O2. The van der Waals surface area contributed by atoms with Gasteiger partial charge in [-0.2, -0.15) is 0 Å². The Bertz CT molecular complexity index is 461. The van der Waals surface area contributed by atoms with Gasteiger partial charge in [-0.25, -0.2) is 0 Å². The lowest BCUT2D eigenvalue weighted by Crippen LogP contribution is -2.23. The van der Waals surface area contributed by atoms with Crippen molar-refractivity contribution >= 4 is 5.96 Å². The summed E-state index contributed by atoms with van der Waals surface area (Å²) in [5.74, 6) is 1.79. The molecule has 0 fully saturated rings. The van der Waals surface area contributed by atoms with E-state index in [0.717, 1.165) is 36.4 Å². The minimum atomic E-state index is 0.144. The Kier molecular flexibility index (Phi) is 8.78. The fraction of sp³-hybridized carbons (Fsp3) is 0.533. The zero-order valence-electron chi connectivity index (χ0n) is 13.2. The Morgan fingerprint density at radius 1 is 1.27 bits per heavy atom. The zero-order chi connectivity index (χ0) is 16.2. The van der Waals surface area contributed by atoms with Gasteiger partial charge in [0, 0.05) is 25.2 Å². The average molecular weight is 309 g/mol. The highest BCUT2D eigenvalue weighted by Gasteiger charge is 2.05. The maximum atomic E-state index is 5.64. The van der Waals surface area contributed by atoms with Crippen LogP contribution < -0.4 is 32.0 Å². The van der Waals surface area contributed by atoms with Crippen molar-refractivity contribution in [1.29, 1.82) is 0 Å². The number of benzene rings is 1. The van der Waals surface area contributed by atoms with Crippen molar-refractivity contribution < 1.29 is 9.47 Å². The van der Waals surface area contributed by atoms with Crippen LogP contribution in [0.15, 0.2) is 23.2 Å². The summed E-state index contributed by atoms with van der Waals surface area (Å²) in [5.41, 5.74) is 17.1. The van der Waals surface area contributed by atoms with Gasteiger partial charge in [0.2, 0.25) is 0 Å². The Hall–Kier alpha value is -1.99. The van der Waals surface area contributed by atoms with Crippen LogP contribution in [0.1, 0.15) is 18.4 Å². The highest BCUT2D eigenvalue weighted by molar-refractivity contribution is 5.75. The number of nitrogens with one attached hydrogen (secondary N) is 1. The highest BCUT2D eigenvalue weighted by Crippen LogP contribution is 2.24. The molecule has 0 aromatic heterocycles. The second-order valence-electron chi connectivity index (χ2n) is 4.80. The quantitative estimate of drug-likeness (QED) is 0.263. The molecule has 0 saturated heterocycles. The molecular weight excluding hydrogens is 282 g/mol. The average Bonchev–Trinajstić information content (AvgIpc) is 2.52. The number of ether oxygens (including phenoxy) is 2. The first-order chi connectivity index (χ1) is 10.7. The fourth-order valence-corrected chi connectivity index (χ4v) is 1.92. The van der Waals surface area contributed by atoms with Crippen molar-refractivity contribution in [2.24, 2.45) is 22.2 Å². The predicted octanol–water partition coefficient (Wildman–Crippen LogP) is 0.176. The molecule has 0 spiro atoms. The first kappa shape index (κ1) is 18.1. The van der Waals surface area contributed by atoms with Crippen molar-refractivity contribution in [3.8, 4) is 11.5 Å². The maximum Gasteiger partial charge on any atom is 0.185 e. The van der Waals surface area contributed by atoms with Crippen LogP contribution in [0.3, 0.4) is 0 Å². The predicted molar refractivity (Wildman–Crippen MR) is 89.2 cm³/mol. The van der Waals surface area contributed by atoms with Crippen molar-refractivity contribution in [3.05, 3.63) is 23.8 Å². The molecule has 1 rings (SSSR count). The third-order valence-corrected chi connectivity index (χ3v) is 3.01. The molecule has 0 atom stereocenters. The van der Waals surface area contributed by atoms with E-state index in [1.165, 1.54) is 0 Å². The van der Waals surface area contributed by atoms with Crippen molar-refractivity contribution in [2.75, 3.05) is 33.4 Å². The van der Waals surface area contributed by atoms with E-state index in [0.29, 0.717) is 26.2 Å². The molecule has 0 aliphatic rings. The van der Waals surface area contributed by atoms with Crippen LogP contribution in [0.4, 0.5) is 0 Å². The Morgan fingerprint density at radius 3 is 2.77 bits per heavy atom. The lowest BCUT2D eigenvalue weighted by Gasteiger charge is -2.13. The summed E-state index contributed by atoms with van der Waals surface area (Å²) in [6.45, 7) is 3.24. The van der Waals surface area contributed by atoms with Crippen LogP contribution >= 0.6 is 0 Å². The molecule has 124 valence electrons. The maximum absolute atomic E-state index is 5.64. The summed E-state index contributed by atoms with van der Waals surface area (Å²) >= 11 is 0. The number of hydrogen-bond acceptors (Lipinski definition) is 5. The van der Waals surface area contributed by atoms with Crippen LogP contribution in [0.25, 0.3) is 0 Å². The number of aliphatic imine (C=N–C) groups is 1. The normalized spacial score (nSPS) is 10.3. The van der Waals surface area contributed by atoms with Crippen LogP contribution in [-0.4, -0.2) is 39.3 Å². The summed E-state index contributed by atoms with van der Waals surface area (Å²) in [6, 6.07) is 5.76. The van der Waals surface area contributed by atoms with E-state index in [1.54, 1.807) is 7.11 Å². The topological polar surface area (TPSA) is 121 Å². The first-order valence-electron chi connectivity index (χ1n) is 7.43. The van der Waals surface area contributed by atoms with E-state index in [9.17, 15) is 0 Å². The molecule has 0 amide bonds. The highest BCUT2D eigenvalue weighted by atomic mass is 16.5. The molecule has 0 unspecified atom stereocenters. The Morgan fingerprint density at radius 2 is 2.09 bits per heavy atom. The zero-order valence-corrected chi connectivity index (χ0v) is 13.2. The number of rotatable bonds is 11. The molecule has 0 saturated carbocycles. The molecule has 0 aliphatic heterocycles. The second kappa shape index (κ2) is 10.7. The minimum Gasteiger partial charge on any atom is -0.497 e. The van der Waals surface area contributed by atoms with Crippen molar-refractivity contribution in [2.45, 2.75) is 19.4 Å². The Balaban J connectivity index is 2.40. The van der Waals surface area contributed by atoms with Gasteiger partial charge < -0.3 is 32.0 Å². The summed E-state index contributed by atoms with van der Waals surface area (Å²) in [4.78, 5) is 3.95. The third kappa shape index (κ3) is 7.14. The van der Waals surface area contributed by atoms with Crippen LogP contribution in [-0.2, 0) is 6.54 Å². The van der Waals surface area contributed by atoms with E-state index in [1.807, 2.05) is 18.2 Å². The molecule has 0 bridgehead atoms. The number of nitrogens with zero attached hydrogens (tertiary/aromatic N) is 1. The second-order valence-corrected chi connectivity index (χ2v) is 4.80. The van der Waals surface area contributed by atoms with Crippen LogP contribution in [0.5, 0.6) is 11.5 Å². The van der Waals surface area contributed by atoms with Gasteiger partial charge >= 0.3 is 0 Å². The minimum absolute atomic E-state index is 0.144. The molecule has 0 radical (unpaired) electrons. The molecule has 22 heavy (non-hydrogen) atoms. The SMILES string of the molecule is COc1ccc(OCCN)c(CNCCCCN=C(N)N)c1. The van der Waals surface area contributed by atoms with Gasteiger partial charge in [0.1, 0.15) is 18.1 Å². The van der Waals surface area contributed by atoms with E-state index in [-0.39, 0.29) is 5.96 Å². The van der Waals surface area contributed by atoms with Gasteiger partial charge in [-0.1, -0.05) is 0 Å². The van der Waals surface area contributed by atoms with E-state index < -0.39 is 0 Å². The molecule has 1 aromatic carbocycles. The van der Waals surface area contributed by atoms with Crippen LogP contribution in [0, 0.1) is 0 Å². The van der Waals surface area contributed by atoms with E-state index in [2.05, 4.69) is 10.3 Å². The van der Waals surface area contributed by atoms with Crippen molar-refractivity contribution in [1.82, 2.24) is 5.32 Å². The Labute approximate surface area is 131 Å². The number of unbranched alkanes of at least 4 members (excludes halogenated alkanes) is 1. The largest absolute Gasteiger partial charge is 0.497 e. The molecule has 1 aromatic rings. The van der Waals surface area contributed by atoms with Gasteiger partial charge in [0.25, 0.3) is 0 Å².